The Bertz CT molecular complexity index is 784. The van der Waals surface area contributed by atoms with Crippen molar-refractivity contribution >= 4 is 39.8 Å². The SMILES string of the molecule is Cc1nn(C)c(C)c1CN=C(NCC1CCS(=O)(=O)C1)NC1CCCCC1.I. The summed E-state index contributed by atoms with van der Waals surface area (Å²) in [5.74, 6) is 1.58. The highest BCUT2D eigenvalue weighted by Gasteiger charge is 2.28. The molecule has 1 aromatic heterocycles. The van der Waals surface area contributed by atoms with Crippen LogP contribution < -0.4 is 10.6 Å². The van der Waals surface area contributed by atoms with E-state index in [1.54, 1.807) is 0 Å². The molecule has 28 heavy (non-hydrogen) atoms. The van der Waals surface area contributed by atoms with E-state index in [1.165, 1.54) is 32.1 Å². The number of aromatic nitrogens is 2. The molecule has 1 aliphatic carbocycles. The van der Waals surface area contributed by atoms with Gasteiger partial charge in [-0.2, -0.15) is 5.10 Å². The van der Waals surface area contributed by atoms with Gasteiger partial charge in [-0.25, -0.2) is 13.4 Å². The molecule has 0 bridgehead atoms. The van der Waals surface area contributed by atoms with Gasteiger partial charge in [0.1, 0.15) is 0 Å². The highest BCUT2D eigenvalue weighted by atomic mass is 127. The van der Waals surface area contributed by atoms with Crippen LogP contribution in [0.5, 0.6) is 0 Å². The van der Waals surface area contributed by atoms with Crippen LogP contribution in [0.2, 0.25) is 0 Å². The highest BCUT2D eigenvalue weighted by molar-refractivity contribution is 14.0. The van der Waals surface area contributed by atoms with Gasteiger partial charge in [-0.15, -0.1) is 24.0 Å². The zero-order valence-corrected chi connectivity index (χ0v) is 20.3. The average Bonchev–Trinajstić information content (AvgIpc) is 3.10. The molecule has 1 saturated heterocycles. The van der Waals surface area contributed by atoms with Crippen LogP contribution in [0.3, 0.4) is 0 Å². The molecule has 0 amide bonds. The van der Waals surface area contributed by atoms with E-state index < -0.39 is 9.84 Å². The number of hydrogen-bond acceptors (Lipinski definition) is 4. The summed E-state index contributed by atoms with van der Waals surface area (Å²) < 4.78 is 25.3. The summed E-state index contributed by atoms with van der Waals surface area (Å²) in [6, 6.07) is 0.452. The second-order valence-corrected chi connectivity index (χ2v) is 10.3. The van der Waals surface area contributed by atoms with Gasteiger partial charge >= 0.3 is 0 Å². The van der Waals surface area contributed by atoms with E-state index in [0.717, 1.165) is 29.3 Å². The fourth-order valence-electron chi connectivity index (χ4n) is 4.07. The van der Waals surface area contributed by atoms with Gasteiger partial charge in [-0.05, 0) is 39.0 Å². The molecule has 1 aromatic rings. The first-order valence-corrected chi connectivity index (χ1v) is 11.9. The van der Waals surface area contributed by atoms with Crippen molar-refractivity contribution in [2.45, 2.75) is 65.0 Å². The summed E-state index contributed by atoms with van der Waals surface area (Å²) in [5.41, 5.74) is 3.30. The molecule has 2 fully saturated rings. The van der Waals surface area contributed by atoms with Gasteiger partial charge in [0.2, 0.25) is 0 Å². The fraction of sp³-hybridized carbons (Fsp3) is 0.789. The lowest BCUT2D eigenvalue weighted by Crippen LogP contribution is -2.45. The van der Waals surface area contributed by atoms with Crippen molar-refractivity contribution in [2.75, 3.05) is 18.1 Å². The first-order valence-electron chi connectivity index (χ1n) is 10.1. The van der Waals surface area contributed by atoms with Crippen molar-refractivity contribution in [3.8, 4) is 0 Å². The average molecular weight is 523 g/mol. The number of nitrogens with one attached hydrogen (secondary N) is 2. The van der Waals surface area contributed by atoms with Crippen LogP contribution in [0.1, 0.15) is 55.5 Å². The molecule has 1 aliphatic heterocycles. The number of nitrogens with zero attached hydrogens (tertiary/aromatic N) is 3. The number of aryl methyl sites for hydroxylation is 2. The number of hydrogen-bond donors (Lipinski definition) is 2. The van der Waals surface area contributed by atoms with Crippen LogP contribution in [-0.2, 0) is 23.4 Å². The topological polar surface area (TPSA) is 88.4 Å². The molecule has 3 rings (SSSR count). The van der Waals surface area contributed by atoms with E-state index in [-0.39, 0.29) is 35.6 Å². The lowest BCUT2D eigenvalue weighted by molar-refractivity contribution is 0.408. The van der Waals surface area contributed by atoms with Crippen molar-refractivity contribution in [1.82, 2.24) is 20.4 Å². The minimum atomic E-state index is -2.85. The minimum absolute atomic E-state index is 0. The third-order valence-electron chi connectivity index (χ3n) is 5.89. The quantitative estimate of drug-likeness (QED) is 0.352. The van der Waals surface area contributed by atoms with Crippen LogP contribution in [0.4, 0.5) is 0 Å². The molecule has 0 radical (unpaired) electrons. The fourth-order valence-corrected chi connectivity index (χ4v) is 5.93. The van der Waals surface area contributed by atoms with Crippen LogP contribution in [0, 0.1) is 19.8 Å². The van der Waals surface area contributed by atoms with Crippen LogP contribution in [0.25, 0.3) is 0 Å². The van der Waals surface area contributed by atoms with Crippen molar-refractivity contribution < 1.29 is 8.42 Å². The van der Waals surface area contributed by atoms with Gasteiger partial charge in [0.25, 0.3) is 0 Å². The molecule has 2 N–H and O–H groups in total. The second kappa shape index (κ2) is 10.3. The third-order valence-corrected chi connectivity index (χ3v) is 7.72. The van der Waals surface area contributed by atoms with Crippen LogP contribution in [0.15, 0.2) is 4.99 Å². The molecule has 9 heteroatoms. The van der Waals surface area contributed by atoms with E-state index in [1.807, 2.05) is 18.7 Å². The maximum absolute atomic E-state index is 11.7. The molecule has 1 saturated carbocycles. The van der Waals surface area contributed by atoms with Crippen molar-refractivity contribution in [1.29, 1.82) is 0 Å². The minimum Gasteiger partial charge on any atom is -0.356 e. The molecule has 0 aromatic carbocycles. The molecule has 1 unspecified atom stereocenters. The smallest absolute Gasteiger partial charge is 0.191 e. The lowest BCUT2D eigenvalue weighted by atomic mass is 9.96. The Morgan fingerprint density at radius 1 is 1.21 bits per heavy atom. The van der Waals surface area contributed by atoms with Gasteiger partial charge in [-0.1, -0.05) is 19.3 Å². The van der Waals surface area contributed by atoms with Gasteiger partial charge in [-0.3, -0.25) is 4.68 Å². The molecular weight excluding hydrogens is 489 g/mol. The molecule has 2 aliphatic rings. The van der Waals surface area contributed by atoms with Crippen molar-refractivity contribution in [3.63, 3.8) is 0 Å². The Balaban J connectivity index is 0.00000280. The maximum Gasteiger partial charge on any atom is 0.191 e. The number of halogens is 1. The molecule has 0 spiro atoms. The first kappa shape index (κ1) is 23.4. The van der Waals surface area contributed by atoms with E-state index in [9.17, 15) is 8.42 Å². The van der Waals surface area contributed by atoms with E-state index >= 15 is 0 Å². The number of aliphatic imine (C=N–C) groups is 1. The van der Waals surface area contributed by atoms with Crippen molar-refractivity contribution in [2.24, 2.45) is 18.0 Å². The lowest BCUT2D eigenvalue weighted by Gasteiger charge is -2.25. The summed E-state index contributed by atoms with van der Waals surface area (Å²) in [6.45, 7) is 5.32. The summed E-state index contributed by atoms with van der Waals surface area (Å²) in [5, 5.41) is 11.5. The maximum atomic E-state index is 11.7. The number of guanidine groups is 1. The van der Waals surface area contributed by atoms with Crippen LogP contribution in [-0.4, -0.2) is 48.3 Å². The zero-order valence-electron chi connectivity index (χ0n) is 17.2. The van der Waals surface area contributed by atoms with Gasteiger partial charge < -0.3 is 10.6 Å². The number of sulfone groups is 1. The molecule has 2 heterocycles. The largest absolute Gasteiger partial charge is 0.356 e. The molecule has 7 nitrogen and oxygen atoms in total. The van der Waals surface area contributed by atoms with Gasteiger partial charge in [0.05, 0.1) is 23.7 Å². The van der Waals surface area contributed by atoms with Gasteiger partial charge in [0, 0.05) is 30.9 Å². The Morgan fingerprint density at radius 2 is 1.93 bits per heavy atom. The summed E-state index contributed by atoms with van der Waals surface area (Å²) in [4.78, 5) is 4.81. The predicted octanol–water partition coefficient (Wildman–Crippen LogP) is 2.46. The third kappa shape index (κ3) is 6.33. The Morgan fingerprint density at radius 3 is 2.50 bits per heavy atom. The monoisotopic (exact) mass is 523 g/mol. The van der Waals surface area contributed by atoms with Crippen molar-refractivity contribution in [3.05, 3.63) is 17.0 Å². The standard InChI is InChI=1S/C19H33N5O2S.HI/c1-14-18(15(2)24(3)23-14)12-21-19(22-17-7-5-4-6-8-17)20-11-16-9-10-27(25,26)13-16;/h16-17H,4-13H2,1-3H3,(H2,20,21,22);1H. The first-order chi connectivity index (χ1) is 12.8. The highest BCUT2D eigenvalue weighted by Crippen LogP contribution is 2.19. The normalized spacial score (nSPS) is 22.7. The summed E-state index contributed by atoms with van der Waals surface area (Å²) in [6.07, 6.45) is 6.91. The van der Waals surface area contributed by atoms with E-state index in [0.29, 0.717) is 24.9 Å². The second-order valence-electron chi connectivity index (χ2n) is 8.07. The summed E-state index contributed by atoms with van der Waals surface area (Å²) in [7, 11) is -0.892. The molecular formula is C19H34IN5O2S. The number of rotatable bonds is 5. The Hall–Kier alpha value is -0.840. The van der Waals surface area contributed by atoms with Crippen LogP contribution >= 0.6 is 24.0 Å². The van der Waals surface area contributed by atoms with E-state index in [4.69, 9.17) is 4.99 Å². The predicted molar refractivity (Wildman–Crippen MR) is 124 cm³/mol. The molecule has 1 atom stereocenters. The van der Waals surface area contributed by atoms with E-state index in [2.05, 4.69) is 22.7 Å². The Kier molecular flexibility index (Phi) is 8.60. The molecule has 160 valence electrons. The zero-order chi connectivity index (χ0) is 19.4. The Labute approximate surface area is 186 Å². The van der Waals surface area contributed by atoms with Gasteiger partial charge in [0.15, 0.2) is 15.8 Å². The summed E-state index contributed by atoms with van der Waals surface area (Å²) >= 11 is 0.